The van der Waals surface area contributed by atoms with Gasteiger partial charge in [-0.3, -0.25) is 19.1 Å². The zero-order valence-electron chi connectivity index (χ0n) is 35.0. The summed E-state index contributed by atoms with van der Waals surface area (Å²) >= 11 is 21.2. The van der Waals surface area contributed by atoms with Crippen LogP contribution in [0.1, 0.15) is 65.8 Å². The average Bonchev–Trinajstić information content (AvgIpc) is 3.77. The Balaban J connectivity index is 1.32. The van der Waals surface area contributed by atoms with Gasteiger partial charge in [-0.05, 0) is 63.5 Å². The van der Waals surface area contributed by atoms with Crippen molar-refractivity contribution in [3.8, 4) is 39.5 Å². The van der Waals surface area contributed by atoms with Crippen LogP contribution in [-0.2, 0) is 34.2 Å². The van der Waals surface area contributed by atoms with E-state index in [1.54, 1.807) is 62.9 Å². The Hall–Kier alpha value is -4.47. The third-order valence-corrected chi connectivity index (χ3v) is 16.4. The van der Waals surface area contributed by atoms with E-state index in [0.29, 0.717) is 73.4 Å². The number of halogens is 3. The number of amides is 2. The lowest BCUT2D eigenvalue weighted by atomic mass is 10.00. The molecule has 0 spiro atoms. The van der Waals surface area contributed by atoms with Gasteiger partial charge in [-0.15, -0.1) is 0 Å². The predicted octanol–water partition coefficient (Wildman–Crippen LogP) is 9.33. The van der Waals surface area contributed by atoms with E-state index in [1.165, 1.54) is 16.6 Å². The number of benzene rings is 1. The van der Waals surface area contributed by atoms with Crippen molar-refractivity contribution in [1.29, 1.82) is 0 Å². The lowest BCUT2D eigenvalue weighted by molar-refractivity contribution is -0.119. The SMILES string of the molecule is COc1nc(-c2cccc(-c3ccnc(-c4cc5c(=O)n(C)c(CO[Si](C)(C)C(C)(C)C)nn5c4)c3Cl)c2Cl)cc(Cl)c1CN(C[C@@H]1CCC(=O)N1)C(=O)OC(C)(C)C. The first-order chi connectivity index (χ1) is 27.6. The summed E-state index contributed by atoms with van der Waals surface area (Å²) in [6.45, 7) is 16.6. The van der Waals surface area contributed by atoms with E-state index in [-0.39, 0.29) is 53.1 Å². The van der Waals surface area contributed by atoms with Gasteiger partial charge in [0.05, 0.1) is 52.3 Å². The minimum atomic E-state index is -2.10. The second kappa shape index (κ2) is 16.9. The molecule has 314 valence electrons. The number of pyridine rings is 2. The van der Waals surface area contributed by atoms with Gasteiger partial charge in [0, 0.05) is 60.7 Å². The predicted molar refractivity (Wildman–Crippen MR) is 234 cm³/mol. The highest BCUT2D eigenvalue weighted by Crippen LogP contribution is 2.43. The molecule has 0 aliphatic carbocycles. The van der Waals surface area contributed by atoms with Crippen LogP contribution >= 0.6 is 34.8 Å². The number of nitrogens with zero attached hydrogens (tertiary/aromatic N) is 6. The molecule has 1 fully saturated rings. The van der Waals surface area contributed by atoms with Crippen molar-refractivity contribution in [3.63, 3.8) is 0 Å². The van der Waals surface area contributed by atoms with Crippen molar-refractivity contribution in [3.05, 3.63) is 85.6 Å². The number of rotatable bonds is 11. The first kappa shape index (κ1) is 44.1. The maximum atomic E-state index is 13.5. The molecule has 0 bridgehead atoms. The fourth-order valence-corrected chi connectivity index (χ4v) is 8.27. The molecule has 1 aliphatic rings. The molecule has 1 aliphatic heterocycles. The molecule has 59 heavy (non-hydrogen) atoms. The van der Waals surface area contributed by atoms with E-state index in [9.17, 15) is 14.4 Å². The van der Waals surface area contributed by atoms with Crippen LogP contribution in [0, 0.1) is 0 Å². The van der Waals surface area contributed by atoms with Crippen LogP contribution in [0.4, 0.5) is 4.79 Å². The van der Waals surface area contributed by atoms with Gasteiger partial charge in [-0.1, -0.05) is 73.8 Å². The number of aromatic nitrogens is 5. The summed E-state index contributed by atoms with van der Waals surface area (Å²) in [5.41, 5.74) is 3.07. The molecule has 1 aromatic carbocycles. The number of nitrogens with one attached hydrogen (secondary N) is 1. The fourth-order valence-electron chi connectivity index (χ4n) is 6.45. The topological polar surface area (TPSA) is 142 Å². The van der Waals surface area contributed by atoms with Crippen LogP contribution in [0.25, 0.3) is 39.2 Å². The van der Waals surface area contributed by atoms with E-state index >= 15 is 0 Å². The lowest BCUT2D eigenvalue weighted by Gasteiger charge is -2.36. The largest absolute Gasteiger partial charge is 0.481 e. The van der Waals surface area contributed by atoms with Crippen LogP contribution in [0.2, 0.25) is 33.2 Å². The summed E-state index contributed by atoms with van der Waals surface area (Å²) in [5, 5.41) is 8.61. The summed E-state index contributed by atoms with van der Waals surface area (Å²) in [6.07, 6.45) is 3.78. The highest BCUT2D eigenvalue weighted by molar-refractivity contribution is 6.74. The number of carbonyl (C=O) groups is 2. The lowest BCUT2D eigenvalue weighted by Crippen LogP contribution is -2.43. The van der Waals surface area contributed by atoms with Crippen molar-refractivity contribution in [1.82, 2.24) is 34.4 Å². The molecule has 1 N–H and O–H groups in total. The number of fused-ring (bicyclic) bond motifs is 1. The van der Waals surface area contributed by atoms with Crippen molar-refractivity contribution < 1.29 is 23.5 Å². The molecule has 0 saturated carbocycles. The number of ether oxygens (including phenoxy) is 2. The zero-order valence-corrected chi connectivity index (χ0v) is 38.3. The van der Waals surface area contributed by atoms with Gasteiger partial charge in [0.25, 0.3) is 5.56 Å². The molecule has 4 aromatic heterocycles. The molecule has 6 rings (SSSR count). The van der Waals surface area contributed by atoms with E-state index in [1.807, 2.05) is 18.2 Å². The number of hydrogen-bond donors (Lipinski definition) is 1. The van der Waals surface area contributed by atoms with Gasteiger partial charge < -0.3 is 24.1 Å². The molecular formula is C42H50Cl3N7O6Si. The Morgan fingerprint density at radius 3 is 2.36 bits per heavy atom. The zero-order chi connectivity index (χ0) is 43.2. The van der Waals surface area contributed by atoms with E-state index < -0.39 is 20.0 Å². The molecule has 1 saturated heterocycles. The van der Waals surface area contributed by atoms with Crippen molar-refractivity contribution >= 4 is 60.6 Å². The molecule has 2 amide bonds. The summed E-state index contributed by atoms with van der Waals surface area (Å²) < 4.78 is 20.9. The van der Waals surface area contributed by atoms with Crippen LogP contribution in [0.5, 0.6) is 5.88 Å². The highest BCUT2D eigenvalue weighted by Gasteiger charge is 2.37. The van der Waals surface area contributed by atoms with Gasteiger partial charge >= 0.3 is 6.09 Å². The Bertz CT molecular complexity index is 2490. The van der Waals surface area contributed by atoms with E-state index in [0.717, 1.165) is 0 Å². The van der Waals surface area contributed by atoms with Crippen LogP contribution < -0.4 is 15.6 Å². The minimum absolute atomic E-state index is 0.00213. The molecule has 13 nitrogen and oxygen atoms in total. The van der Waals surface area contributed by atoms with Gasteiger partial charge in [0.2, 0.25) is 11.8 Å². The van der Waals surface area contributed by atoms with Crippen molar-refractivity contribution in [2.75, 3.05) is 13.7 Å². The number of hydrogen-bond acceptors (Lipinski definition) is 9. The molecule has 5 heterocycles. The quantitative estimate of drug-likeness (QED) is 0.129. The minimum Gasteiger partial charge on any atom is -0.481 e. The van der Waals surface area contributed by atoms with E-state index in [2.05, 4.69) is 44.2 Å². The summed E-state index contributed by atoms with van der Waals surface area (Å²) in [5.74, 6) is 0.630. The van der Waals surface area contributed by atoms with E-state index in [4.69, 9.17) is 58.8 Å². The summed E-state index contributed by atoms with van der Waals surface area (Å²) in [6, 6.07) is 10.4. The van der Waals surface area contributed by atoms with Gasteiger partial charge in [0.1, 0.15) is 11.1 Å². The standard InChI is InChI=1S/C42H50Cl3N7O6Si/c1-41(2,3)58-40(55)51(21-25-14-15-34(53)47-25)22-29-30(43)19-31(48-38(29)56-8)28-13-11-12-26(35(28)44)27-16-17-46-37(36(27)45)24-18-32-39(54)50(7)33(49-52(32)20-24)23-57-59(9,10)42(4,5)6/h11-13,16-20,25H,14-15,21-23H2,1-10H3,(H,47,53)/t25-/m0/s1. The molecule has 17 heteroatoms. The Kier molecular flexibility index (Phi) is 12.6. The van der Waals surface area contributed by atoms with Crippen molar-refractivity contribution in [2.45, 2.75) is 97.3 Å². The molecule has 1 atom stereocenters. The van der Waals surface area contributed by atoms with Gasteiger partial charge in [0.15, 0.2) is 14.1 Å². The number of methoxy groups -OCH3 is 1. The molecule has 5 aromatic rings. The van der Waals surface area contributed by atoms with Crippen molar-refractivity contribution in [2.24, 2.45) is 7.05 Å². The van der Waals surface area contributed by atoms with Crippen LogP contribution in [0.3, 0.4) is 0 Å². The highest BCUT2D eigenvalue weighted by atomic mass is 35.5. The third kappa shape index (κ3) is 9.47. The second-order valence-corrected chi connectivity index (χ2v) is 23.2. The van der Waals surface area contributed by atoms with Crippen LogP contribution in [-0.4, -0.2) is 74.7 Å². The van der Waals surface area contributed by atoms with Gasteiger partial charge in [-0.25, -0.2) is 14.3 Å². The maximum Gasteiger partial charge on any atom is 0.410 e. The molecule has 0 unspecified atom stereocenters. The Morgan fingerprint density at radius 1 is 1.02 bits per heavy atom. The normalized spacial score (nSPS) is 14.8. The summed E-state index contributed by atoms with van der Waals surface area (Å²) in [7, 11) is 1.06. The Labute approximate surface area is 360 Å². The number of carbonyl (C=O) groups excluding carboxylic acids is 2. The maximum absolute atomic E-state index is 13.5. The molecule has 0 radical (unpaired) electrons. The van der Waals surface area contributed by atoms with Gasteiger partial charge in [-0.2, -0.15) is 5.10 Å². The van der Waals surface area contributed by atoms with Crippen LogP contribution in [0.15, 0.2) is 53.6 Å². The Morgan fingerprint density at radius 2 is 1.71 bits per heavy atom. The molecular weight excluding hydrogens is 833 g/mol. The smallest absolute Gasteiger partial charge is 0.410 e. The third-order valence-electron chi connectivity index (χ3n) is 10.8. The first-order valence-electron chi connectivity index (χ1n) is 19.3. The monoisotopic (exact) mass is 881 g/mol. The second-order valence-electron chi connectivity index (χ2n) is 17.2. The summed E-state index contributed by atoms with van der Waals surface area (Å²) in [4.78, 5) is 49.8. The fraction of sp³-hybridized carbons (Fsp3) is 0.429. The first-order valence-corrected chi connectivity index (χ1v) is 23.3. The average molecular weight is 883 g/mol.